The third-order valence-corrected chi connectivity index (χ3v) is 5.85. The van der Waals surface area contributed by atoms with Gasteiger partial charge >= 0.3 is 5.97 Å². The summed E-state index contributed by atoms with van der Waals surface area (Å²) in [5.41, 5.74) is 0. The Hall–Kier alpha value is -2.35. The van der Waals surface area contributed by atoms with E-state index in [1.54, 1.807) is 24.3 Å². The van der Waals surface area contributed by atoms with Crippen molar-refractivity contribution < 1.29 is 19.7 Å². The standard InChI is InChI=1S/C33H52O4/c1-3-4-21-26-31(34)28-23-19-20-24-29-32(35)27-22-17-15-13-11-9-7-5-6-8-10-12-14-16-18-25-30-33(36)37-2/h4,11,13,17,19-22,24,29,31-32,34-35H,3,5-10,12,14-16,18,25-27,30H2,1-2H3/b13-11-,20-19+,21-4-,22-17-,29-24+/t31-,32+/m0/s1. The first-order chi connectivity index (χ1) is 18.1. The van der Waals surface area contributed by atoms with Gasteiger partial charge in [-0.15, -0.1) is 0 Å². The molecule has 0 saturated carbocycles. The van der Waals surface area contributed by atoms with E-state index in [0.29, 0.717) is 19.3 Å². The minimum atomic E-state index is -0.634. The summed E-state index contributed by atoms with van der Waals surface area (Å²) in [5.74, 6) is 5.49. The molecule has 0 spiro atoms. The second kappa shape index (κ2) is 28.2. The Morgan fingerprint density at radius 2 is 1.41 bits per heavy atom. The molecular weight excluding hydrogens is 460 g/mol. The van der Waals surface area contributed by atoms with Crippen LogP contribution < -0.4 is 0 Å². The smallest absolute Gasteiger partial charge is 0.305 e. The monoisotopic (exact) mass is 512 g/mol. The molecule has 0 aromatic carbocycles. The van der Waals surface area contributed by atoms with Crippen molar-refractivity contribution in [1.82, 2.24) is 0 Å². The van der Waals surface area contributed by atoms with Crippen molar-refractivity contribution in [2.24, 2.45) is 0 Å². The molecule has 4 heteroatoms. The van der Waals surface area contributed by atoms with Gasteiger partial charge in [-0.2, -0.15) is 0 Å². The van der Waals surface area contributed by atoms with Gasteiger partial charge < -0.3 is 14.9 Å². The molecule has 0 unspecified atom stereocenters. The van der Waals surface area contributed by atoms with Crippen LogP contribution in [0.5, 0.6) is 0 Å². The maximum absolute atomic E-state index is 11.0. The number of allylic oxidation sites excluding steroid dienone is 7. The maximum atomic E-state index is 11.0. The fourth-order valence-corrected chi connectivity index (χ4v) is 3.64. The number of unbranched alkanes of at least 4 members (excludes halogenated alkanes) is 10. The van der Waals surface area contributed by atoms with Crippen molar-refractivity contribution in [3.63, 3.8) is 0 Å². The average molecular weight is 513 g/mol. The Balaban J connectivity index is 3.59. The van der Waals surface area contributed by atoms with Crippen LogP contribution >= 0.6 is 0 Å². The summed E-state index contributed by atoms with van der Waals surface area (Å²) in [6, 6.07) is 0. The number of aliphatic hydroxyl groups excluding tert-OH is 2. The van der Waals surface area contributed by atoms with Crippen molar-refractivity contribution in [3.8, 4) is 11.8 Å². The fraction of sp³-hybridized carbons (Fsp3) is 0.606. The Kier molecular flexibility index (Phi) is 26.4. The zero-order chi connectivity index (χ0) is 27.2. The highest BCUT2D eigenvalue weighted by molar-refractivity contribution is 5.68. The average Bonchev–Trinajstić information content (AvgIpc) is 2.89. The van der Waals surface area contributed by atoms with Gasteiger partial charge in [0.05, 0.1) is 13.2 Å². The predicted molar refractivity (Wildman–Crippen MR) is 157 cm³/mol. The normalized spacial score (nSPS) is 13.7. The van der Waals surface area contributed by atoms with Gasteiger partial charge in [-0.05, 0) is 44.6 Å². The van der Waals surface area contributed by atoms with E-state index in [4.69, 9.17) is 0 Å². The number of aliphatic hydroxyl groups is 2. The second-order valence-corrected chi connectivity index (χ2v) is 9.30. The van der Waals surface area contributed by atoms with Crippen LogP contribution in [-0.4, -0.2) is 35.5 Å². The molecular formula is C33H52O4. The van der Waals surface area contributed by atoms with Gasteiger partial charge in [0.2, 0.25) is 0 Å². The lowest BCUT2D eigenvalue weighted by Crippen LogP contribution is -1.99. The lowest BCUT2D eigenvalue weighted by molar-refractivity contribution is -0.140. The van der Waals surface area contributed by atoms with Crippen LogP contribution in [0.3, 0.4) is 0 Å². The largest absolute Gasteiger partial charge is 0.469 e. The highest BCUT2D eigenvalue weighted by Gasteiger charge is 1.99. The first-order valence-electron chi connectivity index (χ1n) is 14.3. The van der Waals surface area contributed by atoms with Crippen LogP contribution in [0.4, 0.5) is 0 Å². The van der Waals surface area contributed by atoms with Gasteiger partial charge in [0.25, 0.3) is 0 Å². The van der Waals surface area contributed by atoms with Gasteiger partial charge in [-0.25, -0.2) is 0 Å². The van der Waals surface area contributed by atoms with Gasteiger partial charge in [0, 0.05) is 12.8 Å². The molecule has 0 aromatic heterocycles. The van der Waals surface area contributed by atoms with E-state index in [1.807, 2.05) is 18.2 Å². The van der Waals surface area contributed by atoms with Crippen molar-refractivity contribution in [2.75, 3.05) is 7.11 Å². The molecule has 0 aliphatic heterocycles. The van der Waals surface area contributed by atoms with Crippen LogP contribution in [0.25, 0.3) is 0 Å². The molecule has 2 atom stereocenters. The Labute approximate surface area is 227 Å². The Morgan fingerprint density at radius 1 is 0.784 bits per heavy atom. The quantitative estimate of drug-likeness (QED) is 0.0508. The molecule has 0 bridgehead atoms. The van der Waals surface area contributed by atoms with Crippen LogP contribution in [-0.2, 0) is 9.53 Å². The number of hydrogen-bond donors (Lipinski definition) is 2. The highest BCUT2D eigenvalue weighted by atomic mass is 16.5. The van der Waals surface area contributed by atoms with Crippen molar-refractivity contribution in [1.29, 1.82) is 0 Å². The summed E-state index contributed by atoms with van der Waals surface area (Å²) >= 11 is 0. The molecule has 2 N–H and O–H groups in total. The van der Waals surface area contributed by atoms with Gasteiger partial charge in [-0.3, -0.25) is 4.79 Å². The minimum absolute atomic E-state index is 0.0911. The third-order valence-electron chi connectivity index (χ3n) is 5.85. The molecule has 0 fully saturated rings. The summed E-state index contributed by atoms with van der Waals surface area (Å²) in [7, 11) is 1.45. The molecule has 0 saturated heterocycles. The van der Waals surface area contributed by atoms with Crippen LogP contribution in [0, 0.1) is 11.8 Å². The highest BCUT2D eigenvalue weighted by Crippen LogP contribution is 2.12. The minimum Gasteiger partial charge on any atom is -0.469 e. The summed E-state index contributed by atoms with van der Waals surface area (Å²) in [4.78, 5) is 11.0. The molecule has 4 nitrogen and oxygen atoms in total. The van der Waals surface area contributed by atoms with Crippen molar-refractivity contribution in [2.45, 2.75) is 122 Å². The number of carbonyl (C=O) groups excluding carboxylic acids is 1. The molecule has 0 aliphatic rings. The first kappa shape index (κ1) is 34.6. The van der Waals surface area contributed by atoms with Gasteiger partial charge in [0.1, 0.15) is 6.10 Å². The molecule has 0 aliphatic carbocycles. The predicted octanol–water partition coefficient (Wildman–Crippen LogP) is 7.93. The van der Waals surface area contributed by atoms with E-state index in [-0.39, 0.29) is 5.97 Å². The van der Waals surface area contributed by atoms with E-state index < -0.39 is 12.2 Å². The molecule has 0 aromatic rings. The van der Waals surface area contributed by atoms with Crippen LogP contribution in [0.15, 0.2) is 60.8 Å². The van der Waals surface area contributed by atoms with Crippen LogP contribution in [0.1, 0.15) is 110 Å². The Bertz CT molecular complexity index is 733. The second-order valence-electron chi connectivity index (χ2n) is 9.30. The molecule has 208 valence electrons. The first-order valence-corrected chi connectivity index (χ1v) is 14.3. The summed E-state index contributed by atoms with van der Waals surface area (Å²) in [5, 5.41) is 19.7. The number of rotatable bonds is 22. The summed E-state index contributed by atoms with van der Waals surface area (Å²) < 4.78 is 4.65. The number of esters is 1. The number of ether oxygens (including phenoxy) is 1. The number of carbonyl (C=O) groups is 1. The molecule has 0 radical (unpaired) electrons. The van der Waals surface area contributed by atoms with E-state index in [0.717, 1.165) is 32.1 Å². The van der Waals surface area contributed by atoms with Crippen molar-refractivity contribution in [3.05, 3.63) is 60.8 Å². The van der Waals surface area contributed by atoms with Crippen LogP contribution in [0.2, 0.25) is 0 Å². The van der Waals surface area contributed by atoms with E-state index in [2.05, 4.69) is 41.7 Å². The number of hydrogen-bond acceptors (Lipinski definition) is 4. The lowest BCUT2D eigenvalue weighted by Gasteiger charge is -2.02. The van der Waals surface area contributed by atoms with E-state index in [1.165, 1.54) is 58.5 Å². The summed E-state index contributed by atoms with van der Waals surface area (Å²) in [6.07, 6.45) is 35.5. The van der Waals surface area contributed by atoms with E-state index >= 15 is 0 Å². The Morgan fingerprint density at radius 3 is 2.08 bits per heavy atom. The maximum Gasteiger partial charge on any atom is 0.305 e. The SMILES string of the molecule is CC/C=C\C[C@H](O)C#C/C=C/C=C/[C@H](O)C/C=C\C/C=C\CCCCCCCCCCCCC(=O)OC. The number of methoxy groups -OCH3 is 1. The zero-order valence-corrected chi connectivity index (χ0v) is 23.5. The van der Waals surface area contributed by atoms with Gasteiger partial charge in [-0.1, -0.05) is 125 Å². The zero-order valence-electron chi connectivity index (χ0n) is 23.5. The van der Waals surface area contributed by atoms with E-state index in [9.17, 15) is 15.0 Å². The third kappa shape index (κ3) is 28.1. The lowest BCUT2D eigenvalue weighted by atomic mass is 10.1. The molecule has 37 heavy (non-hydrogen) atoms. The molecule has 0 heterocycles. The molecule has 0 amide bonds. The fourth-order valence-electron chi connectivity index (χ4n) is 3.64. The van der Waals surface area contributed by atoms with Crippen molar-refractivity contribution >= 4 is 5.97 Å². The van der Waals surface area contributed by atoms with Gasteiger partial charge in [0.15, 0.2) is 0 Å². The molecule has 0 rings (SSSR count). The topological polar surface area (TPSA) is 66.8 Å². The summed E-state index contributed by atoms with van der Waals surface area (Å²) in [6.45, 7) is 2.06.